The minimum absolute atomic E-state index is 0.154. The molecule has 2 amide bonds. The molecule has 0 heterocycles. The number of benzene rings is 2. The molecule has 0 radical (unpaired) electrons. The van der Waals surface area contributed by atoms with E-state index in [2.05, 4.69) is 51.4 Å². The van der Waals surface area contributed by atoms with Crippen molar-refractivity contribution in [1.82, 2.24) is 0 Å². The fraction of sp³-hybridized carbons (Fsp3) is 0.353. The van der Waals surface area contributed by atoms with Gasteiger partial charge in [0, 0.05) is 33.6 Å². The minimum Gasteiger partial charge on any atom is -0.377 e. The zero-order valence-corrected chi connectivity index (χ0v) is 32.8. The number of hydrogen-bond acceptors (Lipinski definition) is 14. The molecule has 0 aromatic heterocycles. The van der Waals surface area contributed by atoms with E-state index in [0.29, 0.717) is 56.5 Å². The molecule has 0 atom stereocenters. The van der Waals surface area contributed by atoms with Crippen molar-refractivity contribution in [2.45, 2.75) is 27.7 Å². The molecule has 0 bridgehead atoms. The van der Waals surface area contributed by atoms with Gasteiger partial charge in [-0.1, -0.05) is 0 Å². The zero-order valence-electron chi connectivity index (χ0n) is 32.8. The molecule has 0 saturated heterocycles. The minimum atomic E-state index is -0.413. The van der Waals surface area contributed by atoms with Crippen LogP contribution in [0.4, 0.5) is 11.4 Å². The Morgan fingerprint density at radius 2 is 0.655 bits per heavy atom. The Hall–Kier alpha value is -7.02. The Morgan fingerprint density at radius 3 is 0.897 bits per heavy atom. The standard InChI is InChI=1S/C34H52N18O6/c1-19(45-49-31(35)36)23-11-24(20(2)46-50-32(37)38)14-27(13-23)43-29(53)17-57-9-7-55-5-6-56-8-10-58-18-30(54)44-28-15-25(21(3)47-51-33(39)40)12-26(16-28)22(4)48-52-34(41)42/h11-16H,5-10,17-18H2,1-4H3,(H,43,53)(H,44,54)(H4,35,36,49)(H4,37,38,50)(H4,39,40,51)(H4,41,42,52)/b45-19+,46-20+,47-21+,48-22+. The molecule has 2 aromatic rings. The van der Waals surface area contributed by atoms with Gasteiger partial charge in [-0.3, -0.25) is 9.59 Å². The summed E-state index contributed by atoms with van der Waals surface area (Å²) in [6.07, 6.45) is 0. The summed E-state index contributed by atoms with van der Waals surface area (Å²) in [5, 5.41) is 36.2. The van der Waals surface area contributed by atoms with Crippen LogP contribution in [-0.2, 0) is 28.5 Å². The SMILES string of the molecule is C/C(=N\N=C(N)N)c1cc(NC(=O)COCCOCCOCCOCC(=O)Nc2cc(/C(C)=N/N=C(N)N)cc(/C(C)=N/N=C(N)N)c2)cc(/C(C)=N/N=C(N)N)c1. The van der Waals surface area contributed by atoms with Crippen molar-refractivity contribution >= 4 is 69.9 Å². The van der Waals surface area contributed by atoms with Crippen LogP contribution in [0.25, 0.3) is 0 Å². The van der Waals surface area contributed by atoms with Crippen molar-refractivity contribution in [2.24, 2.45) is 86.7 Å². The van der Waals surface area contributed by atoms with E-state index in [-0.39, 0.29) is 76.7 Å². The number of carbonyl (C=O) groups is 2. The molecule has 0 aliphatic heterocycles. The van der Waals surface area contributed by atoms with Gasteiger partial charge in [0.1, 0.15) is 13.2 Å². The Labute approximate surface area is 334 Å². The Balaban J connectivity index is 1.75. The summed E-state index contributed by atoms with van der Waals surface area (Å²) >= 11 is 0. The number of nitrogens with two attached hydrogens (primary N) is 8. The molecule has 58 heavy (non-hydrogen) atoms. The first-order valence-electron chi connectivity index (χ1n) is 17.3. The molecule has 0 aliphatic carbocycles. The molecule has 18 N–H and O–H groups in total. The largest absolute Gasteiger partial charge is 0.377 e. The van der Waals surface area contributed by atoms with E-state index in [0.717, 1.165) is 0 Å². The lowest BCUT2D eigenvalue weighted by molar-refractivity contribution is -0.122. The lowest BCUT2D eigenvalue weighted by Gasteiger charge is -2.11. The second-order valence-corrected chi connectivity index (χ2v) is 11.9. The summed E-state index contributed by atoms with van der Waals surface area (Å²) in [7, 11) is 0. The third kappa shape index (κ3) is 19.5. The Morgan fingerprint density at radius 1 is 0.414 bits per heavy atom. The fourth-order valence-corrected chi connectivity index (χ4v) is 4.28. The van der Waals surface area contributed by atoms with Gasteiger partial charge in [-0.05, 0) is 64.1 Å². The van der Waals surface area contributed by atoms with Gasteiger partial charge in [0.15, 0.2) is 0 Å². The summed E-state index contributed by atoms with van der Waals surface area (Å²) in [4.78, 5) is 25.2. The van der Waals surface area contributed by atoms with Crippen LogP contribution in [0.1, 0.15) is 49.9 Å². The number of guanidine groups is 4. The van der Waals surface area contributed by atoms with Crippen LogP contribution < -0.4 is 56.5 Å². The van der Waals surface area contributed by atoms with Crippen LogP contribution in [-0.4, -0.2) is 111 Å². The third-order valence-electron chi connectivity index (χ3n) is 6.95. The van der Waals surface area contributed by atoms with Gasteiger partial charge in [0.2, 0.25) is 35.7 Å². The molecule has 0 saturated carbocycles. The monoisotopic (exact) mass is 808 g/mol. The molecule has 2 aromatic carbocycles. The molecular formula is C34H52N18O6. The van der Waals surface area contributed by atoms with E-state index in [1.54, 1.807) is 64.1 Å². The van der Waals surface area contributed by atoms with Crippen LogP contribution >= 0.6 is 0 Å². The van der Waals surface area contributed by atoms with E-state index >= 15 is 0 Å². The zero-order chi connectivity index (χ0) is 43.0. The molecule has 0 fully saturated rings. The van der Waals surface area contributed by atoms with Crippen LogP contribution in [0.2, 0.25) is 0 Å². The first-order valence-corrected chi connectivity index (χ1v) is 17.3. The number of rotatable bonds is 23. The first kappa shape index (κ1) is 47.1. The summed E-state index contributed by atoms with van der Waals surface area (Å²) in [6, 6.07) is 10.3. The molecule has 314 valence electrons. The molecule has 0 spiro atoms. The van der Waals surface area contributed by atoms with E-state index in [1.165, 1.54) is 0 Å². The number of nitrogens with one attached hydrogen (secondary N) is 2. The van der Waals surface area contributed by atoms with E-state index in [4.69, 9.17) is 64.8 Å². The number of carbonyl (C=O) groups excluding carboxylic acids is 2. The molecular weight excluding hydrogens is 756 g/mol. The highest BCUT2D eigenvalue weighted by Gasteiger charge is 2.12. The molecule has 0 aliphatic rings. The fourth-order valence-electron chi connectivity index (χ4n) is 4.28. The Bertz CT molecular complexity index is 1710. The number of nitrogens with zero attached hydrogens (tertiary/aromatic N) is 8. The second-order valence-electron chi connectivity index (χ2n) is 11.9. The van der Waals surface area contributed by atoms with Crippen LogP contribution in [0.15, 0.2) is 77.2 Å². The van der Waals surface area contributed by atoms with E-state index < -0.39 is 11.8 Å². The topological polar surface area (TPSA) is 402 Å². The average Bonchev–Trinajstić information content (AvgIpc) is 3.16. The van der Waals surface area contributed by atoms with E-state index in [1.807, 2.05) is 0 Å². The predicted molar refractivity (Wildman–Crippen MR) is 226 cm³/mol. The quantitative estimate of drug-likeness (QED) is 0.0260. The van der Waals surface area contributed by atoms with Crippen molar-refractivity contribution in [3.05, 3.63) is 58.7 Å². The van der Waals surface area contributed by atoms with Gasteiger partial charge in [0.05, 0.1) is 62.5 Å². The second kappa shape index (κ2) is 25.2. The lowest BCUT2D eigenvalue weighted by Crippen LogP contribution is -2.22. The number of ether oxygens (including phenoxy) is 4. The summed E-state index contributed by atoms with van der Waals surface area (Å²) in [5.41, 5.74) is 48.2. The van der Waals surface area contributed by atoms with Crippen LogP contribution in [0.3, 0.4) is 0 Å². The van der Waals surface area contributed by atoms with Gasteiger partial charge >= 0.3 is 0 Å². The molecule has 24 heteroatoms. The molecule has 24 nitrogen and oxygen atoms in total. The predicted octanol–water partition coefficient (Wildman–Crippen LogP) is -1.68. The summed E-state index contributed by atoms with van der Waals surface area (Å²) in [5.74, 6) is -1.67. The van der Waals surface area contributed by atoms with Gasteiger partial charge < -0.3 is 75.5 Å². The maximum absolute atomic E-state index is 12.6. The number of hydrogen-bond donors (Lipinski definition) is 10. The van der Waals surface area contributed by atoms with Crippen molar-refractivity contribution in [3.63, 3.8) is 0 Å². The van der Waals surface area contributed by atoms with Crippen LogP contribution in [0, 0.1) is 0 Å². The maximum Gasteiger partial charge on any atom is 0.250 e. The van der Waals surface area contributed by atoms with Gasteiger partial charge in [0.25, 0.3) is 0 Å². The third-order valence-corrected chi connectivity index (χ3v) is 6.95. The highest BCUT2D eigenvalue weighted by atomic mass is 16.6. The highest BCUT2D eigenvalue weighted by Crippen LogP contribution is 2.19. The van der Waals surface area contributed by atoms with Crippen molar-refractivity contribution in [2.75, 3.05) is 63.5 Å². The summed E-state index contributed by atoms with van der Waals surface area (Å²) < 4.78 is 21.9. The van der Waals surface area contributed by atoms with Gasteiger partial charge in [-0.2, -0.15) is 20.4 Å². The first-order chi connectivity index (χ1) is 27.5. The average molecular weight is 809 g/mol. The van der Waals surface area contributed by atoms with Crippen LogP contribution in [0.5, 0.6) is 0 Å². The number of anilines is 2. The van der Waals surface area contributed by atoms with E-state index in [9.17, 15) is 9.59 Å². The maximum atomic E-state index is 12.6. The lowest BCUT2D eigenvalue weighted by atomic mass is 10.0. The number of amides is 2. The summed E-state index contributed by atoms with van der Waals surface area (Å²) in [6.45, 7) is 7.57. The smallest absolute Gasteiger partial charge is 0.250 e. The van der Waals surface area contributed by atoms with Crippen molar-refractivity contribution < 1.29 is 28.5 Å². The van der Waals surface area contributed by atoms with Gasteiger partial charge in [-0.15, -0.1) is 20.4 Å². The van der Waals surface area contributed by atoms with Gasteiger partial charge in [-0.25, -0.2) is 0 Å². The van der Waals surface area contributed by atoms with Crippen molar-refractivity contribution in [1.29, 1.82) is 0 Å². The molecule has 0 unspecified atom stereocenters. The van der Waals surface area contributed by atoms with Crippen molar-refractivity contribution in [3.8, 4) is 0 Å². The highest BCUT2D eigenvalue weighted by molar-refractivity contribution is 6.07. The Kier molecular flexibility index (Phi) is 20.5. The normalized spacial score (nSPS) is 12.0. The molecule has 2 rings (SSSR count).